The van der Waals surface area contributed by atoms with Crippen molar-refractivity contribution < 1.29 is 8.42 Å². The van der Waals surface area contributed by atoms with Crippen molar-refractivity contribution in [3.8, 4) is 0 Å². The first-order valence-electron chi connectivity index (χ1n) is 6.53. The Morgan fingerprint density at radius 3 is 2.60 bits per heavy atom. The number of aryl methyl sites for hydroxylation is 1. The van der Waals surface area contributed by atoms with Crippen LogP contribution in [0.1, 0.15) is 5.01 Å². The molecule has 0 spiro atoms. The average molecular weight is 311 g/mol. The summed E-state index contributed by atoms with van der Waals surface area (Å²) in [5, 5.41) is 0.953. The lowest BCUT2D eigenvalue weighted by atomic mass is 10.3. The van der Waals surface area contributed by atoms with E-state index in [0.717, 1.165) is 28.3 Å². The van der Waals surface area contributed by atoms with E-state index in [4.69, 9.17) is 0 Å². The zero-order valence-electron chi connectivity index (χ0n) is 11.5. The largest absolute Gasteiger partial charge is 0.304 e. The van der Waals surface area contributed by atoms with Gasteiger partial charge in [-0.15, -0.1) is 11.3 Å². The third kappa shape index (κ3) is 2.46. The lowest BCUT2D eigenvalue weighted by Crippen LogP contribution is -2.46. The summed E-state index contributed by atoms with van der Waals surface area (Å²) < 4.78 is 27.8. The molecule has 1 saturated heterocycles. The molecule has 1 fully saturated rings. The Hall–Kier alpha value is -1.02. The Balaban J connectivity index is 1.96. The van der Waals surface area contributed by atoms with Gasteiger partial charge in [0.1, 0.15) is 0 Å². The Kier molecular flexibility index (Phi) is 3.53. The van der Waals surface area contributed by atoms with Crippen molar-refractivity contribution in [2.45, 2.75) is 11.8 Å². The summed E-state index contributed by atoms with van der Waals surface area (Å²) in [5.41, 5.74) is 0.866. The van der Waals surface area contributed by atoms with Gasteiger partial charge in [-0.1, -0.05) is 0 Å². The van der Waals surface area contributed by atoms with Crippen molar-refractivity contribution >= 4 is 31.6 Å². The molecule has 1 aliphatic rings. The van der Waals surface area contributed by atoms with E-state index in [1.54, 1.807) is 22.5 Å². The van der Waals surface area contributed by atoms with Crippen LogP contribution in [0.4, 0.5) is 0 Å². The van der Waals surface area contributed by atoms with Crippen LogP contribution in [0.2, 0.25) is 0 Å². The summed E-state index contributed by atoms with van der Waals surface area (Å²) in [7, 11) is -1.37. The smallest absolute Gasteiger partial charge is 0.243 e. The molecule has 0 radical (unpaired) electrons. The number of thiazole rings is 1. The van der Waals surface area contributed by atoms with Crippen LogP contribution in [0.3, 0.4) is 0 Å². The predicted molar refractivity (Wildman–Crippen MR) is 80.6 cm³/mol. The molecule has 0 N–H and O–H groups in total. The van der Waals surface area contributed by atoms with Crippen LogP contribution in [-0.4, -0.2) is 55.8 Å². The maximum Gasteiger partial charge on any atom is 0.243 e. The van der Waals surface area contributed by atoms with Crippen molar-refractivity contribution in [2.75, 3.05) is 33.2 Å². The Bertz CT molecular complexity index is 731. The number of fused-ring (bicyclic) bond motifs is 1. The monoisotopic (exact) mass is 311 g/mol. The second kappa shape index (κ2) is 5.07. The van der Waals surface area contributed by atoms with Crippen molar-refractivity contribution in [3.05, 3.63) is 23.2 Å². The first kappa shape index (κ1) is 13.9. The first-order chi connectivity index (χ1) is 9.46. The summed E-state index contributed by atoms with van der Waals surface area (Å²) in [6, 6.07) is 5.20. The minimum Gasteiger partial charge on any atom is -0.304 e. The van der Waals surface area contributed by atoms with Gasteiger partial charge >= 0.3 is 0 Å². The van der Waals surface area contributed by atoms with Crippen LogP contribution in [0, 0.1) is 6.92 Å². The average Bonchev–Trinajstić information content (AvgIpc) is 2.78. The molecule has 3 rings (SSSR count). The Morgan fingerprint density at radius 2 is 1.90 bits per heavy atom. The van der Waals surface area contributed by atoms with Crippen LogP contribution >= 0.6 is 11.3 Å². The number of likely N-dealkylation sites (N-methyl/N-ethyl adjacent to an activating group) is 1. The van der Waals surface area contributed by atoms with Crippen LogP contribution < -0.4 is 0 Å². The van der Waals surface area contributed by atoms with E-state index in [-0.39, 0.29) is 0 Å². The molecule has 0 aliphatic carbocycles. The highest BCUT2D eigenvalue weighted by molar-refractivity contribution is 7.89. The minimum atomic E-state index is -3.38. The lowest BCUT2D eigenvalue weighted by molar-refractivity contribution is 0.222. The van der Waals surface area contributed by atoms with Crippen LogP contribution in [0.25, 0.3) is 10.2 Å². The van der Waals surface area contributed by atoms with Crippen molar-refractivity contribution in [3.63, 3.8) is 0 Å². The highest BCUT2D eigenvalue weighted by atomic mass is 32.2. The topological polar surface area (TPSA) is 53.5 Å². The zero-order chi connectivity index (χ0) is 14.3. The highest BCUT2D eigenvalue weighted by Gasteiger charge is 2.27. The van der Waals surface area contributed by atoms with E-state index < -0.39 is 10.0 Å². The molecular weight excluding hydrogens is 294 g/mol. The predicted octanol–water partition coefficient (Wildman–Crippen LogP) is 1.54. The summed E-state index contributed by atoms with van der Waals surface area (Å²) >= 11 is 1.53. The molecule has 1 aromatic heterocycles. The molecule has 108 valence electrons. The molecule has 2 aromatic rings. The number of benzene rings is 1. The van der Waals surface area contributed by atoms with E-state index in [9.17, 15) is 8.42 Å². The third-order valence-electron chi connectivity index (χ3n) is 3.57. The fourth-order valence-corrected chi connectivity index (χ4v) is 4.75. The van der Waals surface area contributed by atoms with Gasteiger partial charge in [0.25, 0.3) is 0 Å². The molecule has 0 amide bonds. The SMILES string of the molecule is Cc1nc2ccc(S(=O)(=O)N3CCN(C)CC3)cc2s1. The number of sulfonamides is 1. The maximum absolute atomic E-state index is 12.6. The second-order valence-corrected chi connectivity index (χ2v) is 8.24. The molecule has 1 aromatic carbocycles. The van der Waals surface area contributed by atoms with Gasteiger partial charge in [-0.3, -0.25) is 0 Å². The normalized spacial score (nSPS) is 18.7. The van der Waals surface area contributed by atoms with Crippen molar-refractivity contribution in [1.82, 2.24) is 14.2 Å². The molecular formula is C13H17N3O2S2. The Labute approximate surface area is 122 Å². The van der Waals surface area contributed by atoms with E-state index in [2.05, 4.69) is 9.88 Å². The van der Waals surface area contributed by atoms with Crippen LogP contribution in [0.5, 0.6) is 0 Å². The summed E-state index contributed by atoms with van der Waals surface area (Å²) in [6.45, 7) is 4.60. The molecule has 1 aliphatic heterocycles. The molecule has 0 saturated carbocycles. The molecule has 0 unspecified atom stereocenters. The number of rotatable bonds is 2. The molecule has 5 nitrogen and oxygen atoms in total. The van der Waals surface area contributed by atoms with Crippen molar-refractivity contribution in [1.29, 1.82) is 0 Å². The standard InChI is InChI=1S/C13H17N3O2S2/c1-10-14-12-4-3-11(9-13(12)19-10)20(17,18)16-7-5-15(2)6-8-16/h3-4,9H,5-8H2,1-2H3. The molecule has 2 heterocycles. The van der Waals surface area contributed by atoms with E-state index in [1.165, 1.54) is 11.3 Å². The molecule has 0 atom stereocenters. The maximum atomic E-state index is 12.6. The van der Waals surface area contributed by atoms with Gasteiger partial charge < -0.3 is 4.90 Å². The van der Waals surface area contributed by atoms with Gasteiger partial charge in [-0.05, 0) is 32.2 Å². The van der Waals surface area contributed by atoms with Crippen LogP contribution in [0.15, 0.2) is 23.1 Å². The van der Waals surface area contributed by atoms with Crippen molar-refractivity contribution in [2.24, 2.45) is 0 Å². The molecule has 7 heteroatoms. The third-order valence-corrected chi connectivity index (χ3v) is 6.40. The number of aromatic nitrogens is 1. The summed E-state index contributed by atoms with van der Waals surface area (Å²) in [5.74, 6) is 0. The molecule has 20 heavy (non-hydrogen) atoms. The Morgan fingerprint density at radius 1 is 1.20 bits per heavy atom. The van der Waals surface area contributed by atoms with Gasteiger partial charge in [-0.25, -0.2) is 13.4 Å². The quantitative estimate of drug-likeness (QED) is 0.844. The van der Waals surface area contributed by atoms with Crippen LogP contribution in [-0.2, 0) is 10.0 Å². The lowest BCUT2D eigenvalue weighted by Gasteiger charge is -2.31. The fraction of sp³-hybridized carbons (Fsp3) is 0.462. The van der Waals surface area contributed by atoms with E-state index >= 15 is 0 Å². The van der Waals surface area contributed by atoms with Gasteiger partial charge in [-0.2, -0.15) is 4.31 Å². The minimum absolute atomic E-state index is 0.373. The number of hydrogen-bond acceptors (Lipinski definition) is 5. The highest BCUT2D eigenvalue weighted by Crippen LogP contribution is 2.26. The molecule has 0 bridgehead atoms. The number of piperazine rings is 1. The zero-order valence-corrected chi connectivity index (χ0v) is 13.2. The van der Waals surface area contributed by atoms with Gasteiger partial charge in [0.2, 0.25) is 10.0 Å². The second-order valence-electron chi connectivity index (χ2n) is 5.07. The number of nitrogens with zero attached hydrogens (tertiary/aromatic N) is 3. The fourth-order valence-electron chi connectivity index (χ4n) is 2.36. The van der Waals surface area contributed by atoms with E-state index in [1.807, 2.05) is 14.0 Å². The summed E-state index contributed by atoms with van der Waals surface area (Å²) in [6.07, 6.45) is 0. The van der Waals surface area contributed by atoms with Gasteiger partial charge in [0, 0.05) is 26.2 Å². The van der Waals surface area contributed by atoms with E-state index in [0.29, 0.717) is 18.0 Å². The van der Waals surface area contributed by atoms with Gasteiger partial charge in [0.05, 0.1) is 20.1 Å². The summed E-state index contributed by atoms with van der Waals surface area (Å²) in [4.78, 5) is 6.88. The van der Waals surface area contributed by atoms with Gasteiger partial charge in [0.15, 0.2) is 0 Å². The first-order valence-corrected chi connectivity index (χ1v) is 8.78. The number of hydrogen-bond donors (Lipinski definition) is 0.